The number of carbonyl (C=O) groups excluding carboxylic acids is 2. The lowest BCUT2D eigenvalue weighted by Crippen LogP contribution is -2.03. The summed E-state index contributed by atoms with van der Waals surface area (Å²) in [4.78, 5) is 22.4. The monoisotopic (exact) mass is 386 g/mol. The maximum atomic E-state index is 11.4. The van der Waals surface area contributed by atoms with Crippen molar-refractivity contribution in [3.63, 3.8) is 0 Å². The summed E-state index contributed by atoms with van der Waals surface area (Å²) < 4.78 is 10.3. The van der Waals surface area contributed by atoms with Gasteiger partial charge in [-0.25, -0.2) is 4.79 Å². The summed E-state index contributed by atoms with van der Waals surface area (Å²) in [7, 11) is 0. The maximum absolute atomic E-state index is 11.4. The molecule has 4 nitrogen and oxygen atoms in total. The normalized spacial score (nSPS) is 10.3. The number of benzene rings is 3. The first-order chi connectivity index (χ1) is 14.0. The molecule has 0 heterocycles. The van der Waals surface area contributed by atoms with E-state index in [0.717, 1.165) is 40.3 Å². The Morgan fingerprint density at radius 2 is 1.38 bits per heavy atom. The first-order valence-corrected chi connectivity index (χ1v) is 9.36. The van der Waals surface area contributed by atoms with Crippen LogP contribution in [0.5, 0.6) is 11.5 Å². The second-order valence-corrected chi connectivity index (χ2v) is 6.49. The number of ether oxygens (including phenoxy) is 2. The highest BCUT2D eigenvalue weighted by molar-refractivity contribution is 5.83. The van der Waals surface area contributed by atoms with Gasteiger partial charge >= 0.3 is 11.9 Å². The van der Waals surface area contributed by atoms with Gasteiger partial charge in [-0.05, 0) is 58.5 Å². The summed E-state index contributed by atoms with van der Waals surface area (Å²) in [5.74, 6) is 0.241. The van der Waals surface area contributed by atoms with Gasteiger partial charge < -0.3 is 9.47 Å². The SMILES string of the molecule is C=CC(=O)Oc1ccc(-c2ccc(-c3ccc(OC(C)=O)cc3)cc2)c(CC)c1. The average Bonchev–Trinajstić information content (AvgIpc) is 2.74. The van der Waals surface area contributed by atoms with Crippen LogP contribution < -0.4 is 9.47 Å². The number of hydrogen-bond donors (Lipinski definition) is 0. The third-order valence-electron chi connectivity index (χ3n) is 4.49. The fourth-order valence-corrected chi connectivity index (χ4v) is 3.09. The van der Waals surface area contributed by atoms with E-state index in [-0.39, 0.29) is 5.97 Å². The van der Waals surface area contributed by atoms with Crippen molar-refractivity contribution in [2.75, 3.05) is 0 Å². The van der Waals surface area contributed by atoms with Crippen molar-refractivity contribution in [2.45, 2.75) is 20.3 Å². The molecule has 0 N–H and O–H groups in total. The Balaban J connectivity index is 1.83. The van der Waals surface area contributed by atoms with Crippen molar-refractivity contribution < 1.29 is 19.1 Å². The van der Waals surface area contributed by atoms with Gasteiger partial charge in [0.05, 0.1) is 0 Å². The molecule has 0 atom stereocenters. The molecule has 0 radical (unpaired) electrons. The zero-order valence-electron chi connectivity index (χ0n) is 16.5. The van der Waals surface area contributed by atoms with Crippen molar-refractivity contribution in [1.82, 2.24) is 0 Å². The third-order valence-corrected chi connectivity index (χ3v) is 4.49. The molecule has 146 valence electrons. The van der Waals surface area contributed by atoms with E-state index >= 15 is 0 Å². The van der Waals surface area contributed by atoms with Crippen LogP contribution in [-0.4, -0.2) is 11.9 Å². The lowest BCUT2D eigenvalue weighted by atomic mass is 9.95. The fourth-order valence-electron chi connectivity index (χ4n) is 3.09. The maximum Gasteiger partial charge on any atom is 0.335 e. The van der Waals surface area contributed by atoms with Crippen LogP contribution in [0.2, 0.25) is 0 Å². The van der Waals surface area contributed by atoms with E-state index in [4.69, 9.17) is 9.47 Å². The molecular formula is C25H22O4. The quantitative estimate of drug-likeness (QED) is 0.314. The molecule has 0 aliphatic carbocycles. The number of aryl methyl sites for hydroxylation is 1. The second kappa shape index (κ2) is 9.02. The Morgan fingerprint density at radius 3 is 1.93 bits per heavy atom. The van der Waals surface area contributed by atoms with Gasteiger partial charge in [0.1, 0.15) is 11.5 Å². The van der Waals surface area contributed by atoms with E-state index in [1.807, 2.05) is 24.3 Å². The van der Waals surface area contributed by atoms with Crippen LogP contribution in [0, 0.1) is 0 Å². The molecule has 0 unspecified atom stereocenters. The fraction of sp³-hybridized carbons (Fsp3) is 0.120. The minimum Gasteiger partial charge on any atom is -0.427 e. The molecule has 0 saturated heterocycles. The molecule has 4 heteroatoms. The minimum absolute atomic E-state index is 0.334. The summed E-state index contributed by atoms with van der Waals surface area (Å²) in [6.07, 6.45) is 1.96. The molecule has 3 rings (SSSR count). The zero-order valence-corrected chi connectivity index (χ0v) is 16.5. The standard InChI is InChI=1S/C25H22O4/c1-4-18-16-23(29-25(27)5-2)14-15-24(18)21-8-6-19(7-9-21)20-10-12-22(13-11-20)28-17(3)26/h5-16H,2,4H2,1,3H3. The van der Waals surface area contributed by atoms with Gasteiger partial charge in [0.2, 0.25) is 0 Å². The van der Waals surface area contributed by atoms with Gasteiger partial charge in [0.25, 0.3) is 0 Å². The molecule has 3 aromatic rings. The van der Waals surface area contributed by atoms with E-state index in [0.29, 0.717) is 11.5 Å². The van der Waals surface area contributed by atoms with Gasteiger partial charge in [-0.1, -0.05) is 56.0 Å². The van der Waals surface area contributed by atoms with Crippen molar-refractivity contribution in [1.29, 1.82) is 0 Å². The molecule has 0 saturated carbocycles. The Hall–Kier alpha value is -3.66. The van der Waals surface area contributed by atoms with Crippen molar-refractivity contribution in [2.24, 2.45) is 0 Å². The first-order valence-electron chi connectivity index (χ1n) is 9.36. The highest BCUT2D eigenvalue weighted by Crippen LogP contribution is 2.30. The van der Waals surface area contributed by atoms with Crippen LogP contribution in [0.15, 0.2) is 79.4 Å². The molecule has 0 fully saturated rings. The minimum atomic E-state index is -0.469. The number of carbonyl (C=O) groups is 2. The van der Waals surface area contributed by atoms with Crippen LogP contribution in [0.4, 0.5) is 0 Å². The highest BCUT2D eigenvalue weighted by atomic mass is 16.5. The molecule has 29 heavy (non-hydrogen) atoms. The summed E-state index contributed by atoms with van der Waals surface area (Å²) in [5.41, 5.74) is 5.39. The Labute approximate surface area is 170 Å². The van der Waals surface area contributed by atoms with Gasteiger partial charge in [0.15, 0.2) is 0 Å². The van der Waals surface area contributed by atoms with E-state index in [2.05, 4.69) is 37.8 Å². The van der Waals surface area contributed by atoms with Crippen molar-refractivity contribution in [3.8, 4) is 33.8 Å². The first kappa shape index (κ1) is 20.1. The van der Waals surface area contributed by atoms with E-state index in [9.17, 15) is 9.59 Å². The topological polar surface area (TPSA) is 52.6 Å². The van der Waals surface area contributed by atoms with E-state index < -0.39 is 5.97 Å². The predicted octanol–water partition coefficient (Wildman–Crippen LogP) is 5.60. The molecule has 0 aromatic heterocycles. The van der Waals surface area contributed by atoms with Crippen molar-refractivity contribution >= 4 is 11.9 Å². The predicted molar refractivity (Wildman–Crippen MR) is 114 cm³/mol. The van der Waals surface area contributed by atoms with Crippen LogP contribution in [0.1, 0.15) is 19.4 Å². The molecule has 0 amide bonds. The largest absolute Gasteiger partial charge is 0.427 e. The zero-order chi connectivity index (χ0) is 20.8. The molecule has 0 spiro atoms. The highest BCUT2D eigenvalue weighted by Gasteiger charge is 2.08. The molecule has 3 aromatic carbocycles. The van der Waals surface area contributed by atoms with Crippen LogP contribution in [0.25, 0.3) is 22.3 Å². The average molecular weight is 386 g/mol. The van der Waals surface area contributed by atoms with E-state index in [1.165, 1.54) is 6.92 Å². The number of esters is 2. The van der Waals surface area contributed by atoms with Gasteiger partial charge in [-0.3, -0.25) is 4.79 Å². The summed E-state index contributed by atoms with van der Waals surface area (Å²) in [6, 6.07) is 21.3. The van der Waals surface area contributed by atoms with Gasteiger partial charge in [0, 0.05) is 13.0 Å². The molecule has 0 aliphatic heterocycles. The van der Waals surface area contributed by atoms with Gasteiger partial charge in [-0.2, -0.15) is 0 Å². The molecule has 0 aliphatic rings. The Kier molecular flexibility index (Phi) is 6.25. The van der Waals surface area contributed by atoms with E-state index in [1.54, 1.807) is 18.2 Å². The Morgan fingerprint density at radius 1 is 0.828 bits per heavy atom. The lowest BCUT2D eigenvalue weighted by molar-refractivity contribution is -0.132. The molecular weight excluding hydrogens is 364 g/mol. The summed E-state index contributed by atoms with van der Waals surface area (Å²) in [5, 5.41) is 0. The second-order valence-electron chi connectivity index (χ2n) is 6.49. The summed E-state index contributed by atoms with van der Waals surface area (Å²) in [6.45, 7) is 6.87. The lowest BCUT2D eigenvalue weighted by Gasteiger charge is -2.11. The number of rotatable bonds is 6. The Bertz CT molecular complexity index is 1030. The van der Waals surface area contributed by atoms with Crippen LogP contribution in [0.3, 0.4) is 0 Å². The van der Waals surface area contributed by atoms with Gasteiger partial charge in [-0.15, -0.1) is 0 Å². The smallest absolute Gasteiger partial charge is 0.335 e. The summed E-state index contributed by atoms with van der Waals surface area (Å²) >= 11 is 0. The number of hydrogen-bond acceptors (Lipinski definition) is 4. The van der Waals surface area contributed by atoms with Crippen molar-refractivity contribution in [3.05, 3.63) is 84.9 Å². The molecule has 0 bridgehead atoms. The van der Waals surface area contributed by atoms with Crippen LogP contribution in [-0.2, 0) is 16.0 Å². The van der Waals surface area contributed by atoms with Crippen LogP contribution >= 0.6 is 0 Å². The third kappa shape index (κ3) is 4.99.